The van der Waals surface area contributed by atoms with Crippen molar-refractivity contribution >= 4 is 6.09 Å². The number of fused-ring (bicyclic) bond motifs is 4. The van der Waals surface area contributed by atoms with E-state index in [0.29, 0.717) is 23.8 Å². The van der Waals surface area contributed by atoms with E-state index < -0.39 is 5.60 Å². The highest BCUT2D eigenvalue weighted by Crippen LogP contribution is 2.35. The predicted molar refractivity (Wildman–Crippen MR) is 76.0 cm³/mol. The Hall–Kier alpha value is -0.770. The zero-order valence-electron chi connectivity index (χ0n) is 12.8. The van der Waals surface area contributed by atoms with E-state index in [1.165, 1.54) is 6.42 Å². The number of alkyl carbamates (subject to hydrolysis) is 1. The Kier molecular flexibility index (Phi) is 4.09. The van der Waals surface area contributed by atoms with Crippen molar-refractivity contribution in [1.82, 2.24) is 10.6 Å². The molecule has 2 saturated heterocycles. The molecule has 2 aliphatic heterocycles. The molecule has 1 amide bonds. The average molecular weight is 268 g/mol. The monoisotopic (exact) mass is 268 g/mol. The van der Waals surface area contributed by atoms with Crippen LogP contribution in [0, 0.1) is 17.8 Å². The van der Waals surface area contributed by atoms with Gasteiger partial charge in [0.25, 0.3) is 0 Å². The minimum absolute atomic E-state index is 0.227. The molecule has 0 radical (unpaired) electrons. The lowest BCUT2D eigenvalue weighted by Gasteiger charge is -2.34. The van der Waals surface area contributed by atoms with Gasteiger partial charge in [-0.05, 0) is 57.9 Å². The summed E-state index contributed by atoms with van der Waals surface area (Å²) in [6, 6.07) is 0.739. The molecule has 2 bridgehead atoms. The standard InChI is InChI=1S/C15H28N2O2/c1-9-6-11-7-12(10(2)13(9)16-8-11)17-14(18)19-15(3,4)5/h9-13,16H,6-8H2,1-5H3,(H,17,18)/t9-,10+,11-,12+,13+/m1/s1. The molecule has 4 nitrogen and oxygen atoms in total. The number of hydrogen-bond donors (Lipinski definition) is 2. The summed E-state index contributed by atoms with van der Waals surface area (Å²) in [6.45, 7) is 11.3. The van der Waals surface area contributed by atoms with Gasteiger partial charge in [-0.15, -0.1) is 0 Å². The summed E-state index contributed by atoms with van der Waals surface area (Å²) in [7, 11) is 0. The first-order chi connectivity index (χ1) is 8.76. The van der Waals surface area contributed by atoms with E-state index in [1.807, 2.05) is 20.8 Å². The van der Waals surface area contributed by atoms with Crippen molar-refractivity contribution in [1.29, 1.82) is 0 Å². The van der Waals surface area contributed by atoms with E-state index in [4.69, 9.17) is 4.74 Å². The molecular weight excluding hydrogens is 240 g/mol. The van der Waals surface area contributed by atoms with Gasteiger partial charge in [0.05, 0.1) is 0 Å². The Balaban J connectivity index is 1.99. The van der Waals surface area contributed by atoms with Gasteiger partial charge in [-0.1, -0.05) is 13.8 Å². The zero-order valence-corrected chi connectivity index (χ0v) is 12.8. The van der Waals surface area contributed by atoms with Crippen molar-refractivity contribution in [2.45, 2.75) is 65.1 Å². The van der Waals surface area contributed by atoms with Crippen LogP contribution in [0.1, 0.15) is 47.5 Å². The van der Waals surface area contributed by atoms with Crippen LogP contribution < -0.4 is 10.6 Å². The van der Waals surface area contributed by atoms with Gasteiger partial charge < -0.3 is 15.4 Å². The van der Waals surface area contributed by atoms with Crippen LogP contribution in [0.15, 0.2) is 0 Å². The Bertz CT molecular complexity index is 338. The molecule has 3 aliphatic rings. The van der Waals surface area contributed by atoms with E-state index in [1.54, 1.807) is 0 Å². The molecule has 0 spiro atoms. The van der Waals surface area contributed by atoms with Gasteiger partial charge in [0.2, 0.25) is 0 Å². The molecule has 2 N–H and O–H groups in total. The molecule has 3 rings (SSSR count). The van der Waals surface area contributed by atoms with Gasteiger partial charge >= 0.3 is 6.09 Å². The summed E-state index contributed by atoms with van der Waals surface area (Å²) >= 11 is 0. The maximum atomic E-state index is 11.9. The molecule has 0 aromatic carbocycles. The summed E-state index contributed by atoms with van der Waals surface area (Å²) in [5.74, 6) is 1.82. The van der Waals surface area contributed by atoms with E-state index in [0.717, 1.165) is 13.0 Å². The second-order valence-corrected chi connectivity index (χ2v) is 7.36. The largest absolute Gasteiger partial charge is 0.444 e. The van der Waals surface area contributed by atoms with E-state index in [9.17, 15) is 4.79 Å². The van der Waals surface area contributed by atoms with Crippen LogP contribution >= 0.6 is 0 Å². The number of ether oxygens (including phenoxy) is 1. The van der Waals surface area contributed by atoms with Crippen molar-refractivity contribution in [3.63, 3.8) is 0 Å². The average Bonchev–Trinajstić information content (AvgIpc) is 2.43. The summed E-state index contributed by atoms with van der Waals surface area (Å²) in [5, 5.41) is 6.73. The maximum absolute atomic E-state index is 11.9. The third-order valence-corrected chi connectivity index (χ3v) is 4.45. The van der Waals surface area contributed by atoms with E-state index in [2.05, 4.69) is 24.5 Å². The van der Waals surface area contributed by atoms with Crippen molar-refractivity contribution in [2.75, 3.05) is 6.54 Å². The van der Waals surface area contributed by atoms with Gasteiger partial charge in [0, 0.05) is 12.1 Å². The minimum atomic E-state index is -0.428. The molecular formula is C15H28N2O2. The number of carbonyl (C=O) groups excluding carboxylic acids is 1. The van der Waals surface area contributed by atoms with Crippen LogP contribution in [0.3, 0.4) is 0 Å². The van der Waals surface area contributed by atoms with Crippen LogP contribution in [0.2, 0.25) is 0 Å². The number of nitrogens with one attached hydrogen (secondary N) is 2. The van der Waals surface area contributed by atoms with Gasteiger partial charge in [-0.2, -0.15) is 0 Å². The van der Waals surface area contributed by atoms with Crippen LogP contribution in [-0.2, 0) is 4.74 Å². The lowest BCUT2D eigenvalue weighted by atomic mass is 9.84. The SMILES string of the molecule is C[C@@H]1[C@H]2NC[C@H](C[C@H]2C)C[C@@H]1NC(=O)OC(C)(C)C. The van der Waals surface area contributed by atoms with E-state index >= 15 is 0 Å². The molecule has 3 fully saturated rings. The lowest BCUT2D eigenvalue weighted by molar-refractivity contribution is 0.0480. The Morgan fingerprint density at radius 3 is 2.53 bits per heavy atom. The molecule has 1 aliphatic carbocycles. The summed E-state index contributed by atoms with van der Waals surface area (Å²) < 4.78 is 5.38. The van der Waals surface area contributed by atoms with Gasteiger partial charge in [0.15, 0.2) is 0 Å². The number of piperidine rings is 1. The van der Waals surface area contributed by atoms with E-state index in [-0.39, 0.29) is 12.1 Å². The molecule has 2 heterocycles. The Morgan fingerprint density at radius 2 is 1.95 bits per heavy atom. The molecule has 5 atom stereocenters. The highest BCUT2D eigenvalue weighted by atomic mass is 16.6. The number of amides is 1. The normalized spacial score (nSPS) is 38.7. The molecule has 0 unspecified atom stereocenters. The third kappa shape index (κ3) is 3.62. The van der Waals surface area contributed by atoms with Crippen LogP contribution in [-0.4, -0.2) is 30.3 Å². The number of rotatable bonds is 1. The van der Waals surface area contributed by atoms with Crippen LogP contribution in [0.4, 0.5) is 4.79 Å². The highest BCUT2D eigenvalue weighted by Gasteiger charge is 2.40. The fraction of sp³-hybridized carbons (Fsp3) is 0.933. The highest BCUT2D eigenvalue weighted by molar-refractivity contribution is 5.68. The lowest BCUT2D eigenvalue weighted by Crippen LogP contribution is -2.49. The zero-order chi connectivity index (χ0) is 14.2. The first kappa shape index (κ1) is 14.6. The molecule has 0 aromatic rings. The van der Waals surface area contributed by atoms with Gasteiger partial charge in [0.1, 0.15) is 5.60 Å². The van der Waals surface area contributed by atoms with Gasteiger partial charge in [-0.25, -0.2) is 4.79 Å². The second-order valence-electron chi connectivity index (χ2n) is 7.36. The fourth-order valence-electron chi connectivity index (χ4n) is 3.62. The van der Waals surface area contributed by atoms with Crippen molar-refractivity contribution in [2.24, 2.45) is 17.8 Å². The Morgan fingerprint density at radius 1 is 1.26 bits per heavy atom. The molecule has 4 heteroatoms. The van der Waals surface area contributed by atoms with Crippen molar-refractivity contribution < 1.29 is 9.53 Å². The predicted octanol–water partition coefficient (Wildman–Crippen LogP) is 2.53. The summed E-state index contributed by atoms with van der Waals surface area (Å²) in [5.41, 5.74) is -0.428. The number of carbonyl (C=O) groups is 1. The second kappa shape index (κ2) is 5.31. The van der Waals surface area contributed by atoms with Gasteiger partial charge in [-0.3, -0.25) is 0 Å². The molecule has 1 saturated carbocycles. The topological polar surface area (TPSA) is 50.4 Å². The summed E-state index contributed by atoms with van der Waals surface area (Å²) in [6.07, 6.45) is 2.06. The number of hydrogen-bond acceptors (Lipinski definition) is 3. The smallest absolute Gasteiger partial charge is 0.407 e. The van der Waals surface area contributed by atoms with Crippen LogP contribution in [0.25, 0.3) is 0 Å². The third-order valence-electron chi connectivity index (χ3n) is 4.45. The van der Waals surface area contributed by atoms with Crippen molar-refractivity contribution in [3.8, 4) is 0 Å². The maximum Gasteiger partial charge on any atom is 0.407 e. The molecule has 110 valence electrons. The van der Waals surface area contributed by atoms with Crippen LogP contribution in [0.5, 0.6) is 0 Å². The van der Waals surface area contributed by atoms with Crippen molar-refractivity contribution in [3.05, 3.63) is 0 Å². The molecule has 19 heavy (non-hydrogen) atoms. The Labute approximate surface area is 116 Å². The summed E-state index contributed by atoms with van der Waals surface area (Å²) in [4.78, 5) is 11.9. The quantitative estimate of drug-likeness (QED) is 0.768. The molecule has 0 aromatic heterocycles. The fourth-order valence-corrected chi connectivity index (χ4v) is 3.62. The first-order valence-corrected chi connectivity index (χ1v) is 7.49. The minimum Gasteiger partial charge on any atom is -0.444 e. The first-order valence-electron chi connectivity index (χ1n) is 7.49.